The number of carbonyl (C=O) groups is 1. The van der Waals surface area contributed by atoms with Gasteiger partial charge in [-0.1, -0.05) is 29.8 Å². The smallest absolute Gasteiger partial charge is 0.267 e. The Labute approximate surface area is 145 Å². The summed E-state index contributed by atoms with van der Waals surface area (Å²) in [5.41, 5.74) is 2.73. The number of hydrogen-bond donors (Lipinski definition) is 1. The summed E-state index contributed by atoms with van der Waals surface area (Å²) in [4.78, 5) is 23.8. The number of carbonyl (C=O) groups excluding carboxylic acids is 1. The van der Waals surface area contributed by atoms with E-state index in [0.717, 1.165) is 36.1 Å². The van der Waals surface area contributed by atoms with Crippen LogP contribution in [0.1, 0.15) is 23.2 Å². The van der Waals surface area contributed by atoms with Gasteiger partial charge in [0.15, 0.2) is 0 Å². The number of nitrogens with one attached hydrogen (secondary N) is 1. The van der Waals surface area contributed by atoms with Crippen LogP contribution in [0.4, 0.5) is 0 Å². The predicted molar refractivity (Wildman–Crippen MR) is 94.0 cm³/mol. The third-order valence-corrected chi connectivity index (χ3v) is 4.31. The third-order valence-electron chi connectivity index (χ3n) is 3.97. The number of rotatable bonds is 5. The van der Waals surface area contributed by atoms with Gasteiger partial charge >= 0.3 is 0 Å². The lowest BCUT2D eigenvalue weighted by molar-refractivity contribution is -0.116. The summed E-state index contributed by atoms with van der Waals surface area (Å²) in [7, 11) is 0. The maximum Gasteiger partial charge on any atom is 0.267 e. The highest BCUT2D eigenvalue weighted by Gasteiger charge is 2.14. The highest BCUT2D eigenvalue weighted by atomic mass is 35.5. The minimum Gasteiger partial charge on any atom is -0.351 e. The van der Waals surface area contributed by atoms with Gasteiger partial charge in [0.25, 0.3) is 5.56 Å². The van der Waals surface area contributed by atoms with Gasteiger partial charge in [0.05, 0.1) is 12.2 Å². The monoisotopic (exact) mass is 343 g/mol. The van der Waals surface area contributed by atoms with E-state index in [2.05, 4.69) is 10.4 Å². The summed E-state index contributed by atoms with van der Waals surface area (Å²) >= 11 is 6.03. The molecular formula is C18H18ClN3O2. The quantitative estimate of drug-likeness (QED) is 0.847. The second-order valence-electron chi connectivity index (χ2n) is 5.68. The van der Waals surface area contributed by atoms with Crippen molar-refractivity contribution in [2.45, 2.75) is 25.8 Å². The van der Waals surface area contributed by atoms with E-state index in [1.807, 2.05) is 18.2 Å². The first-order chi connectivity index (χ1) is 11.6. The van der Waals surface area contributed by atoms with Crippen LogP contribution in [-0.2, 0) is 24.2 Å². The summed E-state index contributed by atoms with van der Waals surface area (Å²) in [6.07, 6.45) is 6.00. The molecule has 124 valence electrons. The van der Waals surface area contributed by atoms with E-state index >= 15 is 0 Å². The van der Waals surface area contributed by atoms with E-state index in [-0.39, 0.29) is 11.5 Å². The Morgan fingerprint density at radius 1 is 1.33 bits per heavy atom. The topological polar surface area (TPSA) is 64.0 Å². The highest BCUT2D eigenvalue weighted by molar-refractivity contribution is 6.32. The van der Waals surface area contributed by atoms with Crippen molar-refractivity contribution in [1.82, 2.24) is 15.1 Å². The molecule has 0 aliphatic heterocycles. The Balaban J connectivity index is 1.54. The Morgan fingerprint density at radius 2 is 2.17 bits per heavy atom. The molecule has 2 aromatic rings. The summed E-state index contributed by atoms with van der Waals surface area (Å²) in [6, 6.07) is 8.95. The van der Waals surface area contributed by atoms with Gasteiger partial charge in [-0.25, -0.2) is 4.68 Å². The van der Waals surface area contributed by atoms with Gasteiger partial charge in [-0.15, -0.1) is 0 Å². The van der Waals surface area contributed by atoms with Crippen molar-refractivity contribution in [2.24, 2.45) is 0 Å². The zero-order valence-electron chi connectivity index (χ0n) is 13.2. The molecule has 5 nitrogen and oxygen atoms in total. The molecule has 24 heavy (non-hydrogen) atoms. The van der Waals surface area contributed by atoms with Gasteiger partial charge in [-0.3, -0.25) is 9.59 Å². The molecule has 1 aromatic heterocycles. The fourth-order valence-corrected chi connectivity index (χ4v) is 2.92. The summed E-state index contributed by atoms with van der Waals surface area (Å²) in [5, 5.41) is 7.71. The van der Waals surface area contributed by atoms with Crippen LogP contribution < -0.4 is 10.9 Å². The standard InChI is InChI=1S/C18H18ClN3O2/c19-15-6-2-1-4-13(15)8-9-17(23)20-10-11-22-18(24)12-14-5-3-7-16(14)21-22/h1-2,4,6,8-9,12H,3,5,7,10-11H2,(H,20,23)/b9-8+. The lowest BCUT2D eigenvalue weighted by Crippen LogP contribution is -2.31. The van der Waals surface area contributed by atoms with Gasteiger partial charge in [0.2, 0.25) is 5.91 Å². The Kier molecular flexibility index (Phi) is 5.11. The molecule has 0 fully saturated rings. The largest absolute Gasteiger partial charge is 0.351 e. The molecule has 1 aliphatic carbocycles. The van der Waals surface area contributed by atoms with Crippen molar-refractivity contribution in [3.05, 3.63) is 68.6 Å². The van der Waals surface area contributed by atoms with E-state index in [4.69, 9.17) is 11.6 Å². The molecular weight excluding hydrogens is 326 g/mol. The number of aryl methyl sites for hydroxylation is 2. The Morgan fingerprint density at radius 3 is 3.00 bits per heavy atom. The van der Waals surface area contributed by atoms with E-state index < -0.39 is 0 Å². The first-order valence-corrected chi connectivity index (χ1v) is 8.31. The van der Waals surface area contributed by atoms with Crippen LogP contribution >= 0.6 is 11.6 Å². The van der Waals surface area contributed by atoms with Crippen molar-refractivity contribution in [1.29, 1.82) is 0 Å². The SMILES string of the molecule is O=C(/C=C/c1ccccc1Cl)NCCn1nc2c(cc1=O)CCC2. The van der Waals surface area contributed by atoms with Gasteiger partial charge < -0.3 is 5.32 Å². The molecule has 6 heteroatoms. The maximum atomic E-state index is 12.0. The number of fused-ring (bicyclic) bond motifs is 1. The first-order valence-electron chi connectivity index (χ1n) is 7.94. The Hall–Kier alpha value is -2.40. The lowest BCUT2D eigenvalue weighted by Gasteiger charge is -2.07. The molecule has 0 saturated carbocycles. The fourth-order valence-electron chi connectivity index (χ4n) is 2.72. The van der Waals surface area contributed by atoms with E-state index in [1.165, 1.54) is 10.8 Å². The zero-order chi connectivity index (χ0) is 16.9. The second-order valence-corrected chi connectivity index (χ2v) is 6.08. The van der Waals surface area contributed by atoms with Crippen LogP contribution in [0, 0.1) is 0 Å². The van der Waals surface area contributed by atoms with Crippen LogP contribution in [0.25, 0.3) is 6.08 Å². The molecule has 1 aliphatic rings. The second kappa shape index (κ2) is 7.45. The molecule has 0 saturated heterocycles. The fraction of sp³-hybridized carbons (Fsp3) is 0.278. The third kappa shape index (κ3) is 3.92. The zero-order valence-corrected chi connectivity index (χ0v) is 13.9. The van der Waals surface area contributed by atoms with Crippen LogP contribution in [0.2, 0.25) is 5.02 Å². The van der Waals surface area contributed by atoms with Gasteiger partial charge in [0.1, 0.15) is 0 Å². The first kappa shape index (κ1) is 16.5. The molecule has 0 atom stereocenters. The van der Waals surface area contributed by atoms with Gasteiger partial charge in [-0.2, -0.15) is 5.10 Å². The summed E-state index contributed by atoms with van der Waals surface area (Å²) in [6.45, 7) is 0.704. The van der Waals surface area contributed by atoms with E-state index in [0.29, 0.717) is 18.1 Å². The van der Waals surface area contributed by atoms with Crippen molar-refractivity contribution in [3.8, 4) is 0 Å². The minimum atomic E-state index is -0.232. The lowest BCUT2D eigenvalue weighted by atomic mass is 10.2. The normalized spacial score (nSPS) is 13.2. The van der Waals surface area contributed by atoms with Crippen molar-refractivity contribution in [3.63, 3.8) is 0 Å². The number of nitrogens with zero attached hydrogens (tertiary/aromatic N) is 2. The number of halogens is 1. The molecule has 3 rings (SSSR count). The van der Waals surface area contributed by atoms with Crippen LogP contribution in [-0.4, -0.2) is 22.2 Å². The number of amides is 1. The molecule has 1 amide bonds. The molecule has 0 unspecified atom stereocenters. The van der Waals surface area contributed by atoms with E-state index in [9.17, 15) is 9.59 Å². The summed E-state index contributed by atoms with van der Waals surface area (Å²) < 4.78 is 1.42. The molecule has 1 aromatic carbocycles. The van der Waals surface area contributed by atoms with Crippen molar-refractivity contribution >= 4 is 23.6 Å². The number of aromatic nitrogens is 2. The number of hydrogen-bond acceptors (Lipinski definition) is 3. The van der Waals surface area contributed by atoms with Crippen molar-refractivity contribution < 1.29 is 4.79 Å². The average molecular weight is 344 g/mol. The maximum absolute atomic E-state index is 12.0. The average Bonchev–Trinajstić information content (AvgIpc) is 3.01. The highest BCUT2D eigenvalue weighted by Crippen LogP contribution is 2.17. The molecule has 0 radical (unpaired) electrons. The van der Waals surface area contributed by atoms with E-state index in [1.54, 1.807) is 18.2 Å². The van der Waals surface area contributed by atoms with Crippen LogP contribution in [0.5, 0.6) is 0 Å². The minimum absolute atomic E-state index is 0.114. The van der Waals surface area contributed by atoms with Crippen LogP contribution in [0.15, 0.2) is 41.2 Å². The van der Waals surface area contributed by atoms with Gasteiger partial charge in [-0.05, 0) is 42.5 Å². The molecule has 0 spiro atoms. The summed E-state index contributed by atoms with van der Waals surface area (Å²) in [5.74, 6) is -0.232. The Bertz CT molecular complexity index is 842. The number of benzene rings is 1. The van der Waals surface area contributed by atoms with Crippen LogP contribution in [0.3, 0.4) is 0 Å². The van der Waals surface area contributed by atoms with Gasteiger partial charge in [0, 0.05) is 23.7 Å². The van der Waals surface area contributed by atoms with Crippen molar-refractivity contribution in [2.75, 3.05) is 6.54 Å². The molecule has 1 N–H and O–H groups in total. The molecule has 1 heterocycles. The predicted octanol–water partition coefficient (Wildman–Crippen LogP) is 2.21. The molecule has 0 bridgehead atoms.